The Balaban J connectivity index is 1.53. The zero-order valence-electron chi connectivity index (χ0n) is 20.7. The Kier molecular flexibility index (Phi) is 7.71. The molecule has 0 bridgehead atoms. The average molecular weight is 479 g/mol. The first-order valence-corrected chi connectivity index (χ1v) is 12.3. The van der Waals surface area contributed by atoms with E-state index in [0.717, 1.165) is 55.8 Å². The van der Waals surface area contributed by atoms with Crippen molar-refractivity contribution in [1.82, 2.24) is 15.3 Å². The van der Waals surface area contributed by atoms with Crippen LogP contribution in [0.1, 0.15) is 63.5 Å². The molecule has 186 valence electrons. The summed E-state index contributed by atoms with van der Waals surface area (Å²) < 4.78 is 11.0. The van der Waals surface area contributed by atoms with Crippen molar-refractivity contribution in [3.63, 3.8) is 0 Å². The number of nitrogens with one attached hydrogen (secondary N) is 2. The van der Waals surface area contributed by atoms with E-state index in [9.17, 15) is 4.79 Å². The van der Waals surface area contributed by atoms with Gasteiger partial charge in [0.05, 0.1) is 24.8 Å². The molecule has 0 spiro atoms. The van der Waals surface area contributed by atoms with Crippen LogP contribution in [0.25, 0.3) is 0 Å². The summed E-state index contributed by atoms with van der Waals surface area (Å²) in [4.78, 5) is 24.1. The van der Waals surface area contributed by atoms with Gasteiger partial charge in [0.15, 0.2) is 0 Å². The number of rotatable bonds is 5. The molecule has 1 aliphatic carbocycles. The molecule has 1 saturated heterocycles. The largest absolute Gasteiger partial charge is 0.444 e. The van der Waals surface area contributed by atoms with Gasteiger partial charge in [-0.3, -0.25) is 0 Å². The molecular weight excluding hydrogens is 444 g/mol. The summed E-state index contributed by atoms with van der Waals surface area (Å²) in [6.07, 6.45) is 5.35. The molecule has 2 atom stereocenters. The third-order valence-electron chi connectivity index (χ3n) is 6.21. The number of nitriles is 1. The smallest absolute Gasteiger partial charge is 0.407 e. The molecule has 9 nitrogen and oxygen atoms in total. The Hall–Kier alpha value is -3.38. The van der Waals surface area contributed by atoms with Crippen LogP contribution in [0.4, 0.5) is 22.2 Å². The summed E-state index contributed by atoms with van der Waals surface area (Å²) >= 11 is 0. The van der Waals surface area contributed by atoms with Crippen molar-refractivity contribution in [3.8, 4) is 6.07 Å². The maximum Gasteiger partial charge on any atom is 0.407 e. The second-order valence-corrected chi connectivity index (χ2v) is 10.1. The predicted octanol–water partition coefficient (Wildman–Crippen LogP) is 4.48. The van der Waals surface area contributed by atoms with Gasteiger partial charge in [-0.2, -0.15) is 10.2 Å². The van der Waals surface area contributed by atoms with Gasteiger partial charge in [0.2, 0.25) is 5.95 Å². The van der Waals surface area contributed by atoms with E-state index in [1.54, 1.807) is 12.1 Å². The van der Waals surface area contributed by atoms with Gasteiger partial charge in [-0.25, -0.2) is 9.78 Å². The molecule has 9 heteroatoms. The minimum absolute atomic E-state index is 0.0533. The number of anilines is 3. The Labute approximate surface area is 206 Å². The molecule has 2 aliphatic rings. The van der Waals surface area contributed by atoms with E-state index < -0.39 is 5.60 Å². The number of amides is 1. The number of ether oxygens (including phenoxy) is 2. The molecule has 0 radical (unpaired) electrons. The van der Waals surface area contributed by atoms with E-state index in [2.05, 4.69) is 26.6 Å². The van der Waals surface area contributed by atoms with Gasteiger partial charge in [-0.05, 0) is 70.2 Å². The monoisotopic (exact) mass is 478 g/mol. The number of carbonyl (C=O) groups is 1. The van der Waals surface area contributed by atoms with E-state index in [-0.39, 0.29) is 18.1 Å². The zero-order valence-corrected chi connectivity index (χ0v) is 20.7. The molecule has 2 N–H and O–H groups in total. The second kappa shape index (κ2) is 10.9. The number of hydrogen-bond donors (Lipinski definition) is 2. The Bertz CT molecular complexity index is 1050. The molecule has 1 saturated carbocycles. The molecule has 2 fully saturated rings. The molecule has 0 unspecified atom stereocenters. The van der Waals surface area contributed by atoms with Crippen molar-refractivity contribution in [2.75, 3.05) is 36.5 Å². The SMILES string of the molecule is CC(C)(C)OC(=O)N[C@H]1CCC[C@@H](c2cnc(Nc3ccc(C#N)cc3)nc2N2CCOCC2)C1. The van der Waals surface area contributed by atoms with Gasteiger partial charge in [0, 0.05) is 36.6 Å². The first kappa shape index (κ1) is 24.7. The molecule has 4 rings (SSSR count). The lowest BCUT2D eigenvalue weighted by atomic mass is 9.81. The number of aromatic nitrogens is 2. The molecular formula is C26H34N6O3. The number of carbonyl (C=O) groups excluding carboxylic acids is 1. The fourth-order valence-electron chi connectivity index (χ4n) is 4.59. The van der Waals surface area contributed by atoms with Crippen LogP contribution in [0.3, 0.4) is 0 Å². The highest BCUT2D eigenvalue weighted by Crippen LogP contribution is 2.37. The lowest BCUT2D eigenvalue weighted by Crippen LogP contribution is -2.41. The van der Waals surface area contributed by atoms with Crippen LogP contribution in [0.5, 0.6) is 0 Å². The normalized spacial score (nSPS) is 20.6. The van der Waals surface area contributed by atoms with Crippen molar-refractivity contribution >= 4 is 23.5 Å². The molecule has 1 aromatic heterocycles. The van der Waals surface area contributed by atoms with Crippen molar-refractivity contribution in [3.05, 3.63) is 41.6 Å². The van der Waals surface area contributed by atoms with Gasteiger partial charge < -0.3 is 25.0 Å². The van der Waals surface area contributed by atoms with Crippen molar-refractivity contribution in [2.45, 2.75) is 64.0 Å². The lowest BCUT2D eigenvalue weighted by Gasteiger charge is -2.34. The summed E-state index contributed by atoms with van der Waals surface area (Å²) in [5, 5.41) is 15.3. The highest BCUT2D eigenvalue weighted by Gasteiger charge is 2.30. The number of nitrogens with zero attached hydrogens (tertiary/aromatic N) is 4. The van der Waals surface area contributed by atoms with Crippen LogP contribution in [0.2, 0.25) is 0 Å². The lowest BCUT2D eigenvalue weighted by molar-refractivity contribution is 0.0490. The summed E-state index contributed by atoms with van der Waals surface area (Å²) in [5.41, 5.74) is 2.01. The van der Waals surface area contributed by atoms with Gasteiger partial charge in [0.1, 0.15) is 11.4 Å². The average Bonchev–Trinajstić information content (AvgIpc) is 2.84. The van der Waals surface area contributed by atoms with Crippen molar-refractivity contribution < 1.29 is 14.3 Å². The van der Waals surface area contributed by atoms with Crippen LogP contribution in [-0.2, 0) is 9.47 Å². The zero-order chi connectivity index (χ0) is 24.8. The van der Waals surface area contributed by atoms with E-state index in [0.29, 0.717) is 24.7 Å². The second-order valence-electron chi connectivity index (χ2n) is 10.1. The van der Waals surface area contributed by atoms with Gasteiger partial charge in [-0.15, -0.1) is 0 Å². The van der Waals surface area contributed by atoms with Crippen LogP contribution >= 0.6 is 0 Å². The van der Waals surface area contributed by atoms with E-state index >= 15 is 0 Å². The topological polar surface area (TPSA) is 112 Å². The molecule has 1 amide bonds. The number of benzene rings is 1. The molecule has 1 aliphatic heterocycles. The van der Waals surface area contributed by atoms with Crippen molar-refractivity contribution in [2.24, 2.45) is 0 Å². The standard InChI is InChI=1S/C26H34N6O3/c1-26(2,3)35-25(33)30-21-6-4-5-19(15-21)22-17-28-24(29-20-9-7-18(16-27)8-10-20)31-23(22)32-11-13-34-14-12-32/h7-10,17,19,21H,4-6,11-15H2,1-3H3,(H,30,33)(H,28,29,31)/t19-,21+/m1/s1. The van der Waals surface area contributed by atoms with E-state index in [4.69, 9.17) is 19.7 Å². The molecule has 2 aromatic rings. The highest BCUT2D eigenvalue weighted by atomic mass is 16.6. The van der Waals surface area contributed by atoms with E-state index in [1.807, 2.05) is 39.1 Å². The Morgan fingerprint density at radius 3 is 2.63 bits per heavy atom. The van der Waals surface area contributed by atoms with Gasteiger partial charge in [-0.1, -0.05) is 6.42 Å². The Morgan fingerprint density at radius 2 is 1.94 bits per heavy atom. The Morgan fingerprint density at radius 1 is 1.20 bits per heavy atom. The predicted molar refractivity (Wildman–Crippen MR) is 134 cm³/mol. The van der Waals surface area contributed by atoms with Crippen LogP contribution in [0, 0.1) is 11.3 Å². The third kappa shape index (κ3) is 6.83. The van der Waals surface area contributed by atoms with E-state index in [1.165, 1.54) is 0 Å². The summed E-state index contributed by atoms with van der Waals surface area (Å²) in [7, 11) is 0. The number of hydrogen-bond acceptors (Lipinski definition) is 8. The highest BCUT2D eigenvalue weighted by molar-refractivity contribution is 5.68. The van der Waals surface area contributed by atoms with Crippen LogP contribution < -0.4 is 15.5 Å². The maximum atomic E-state index is 12.3. The molecule has 2 heterocycles. The quantitative estimate of drug-likeness (QED) is 0.647. The minimum atomic E-state index is -0.521. The van der Waals surface area contributed by atoms with Gasteiger partial charge in [0.25, 0.3) is 0 Å². The maximum absolute atomic E-state index is 12.3. The summed E-state index contributed by atoms with van der Waals surface area (Å²) in [5.74, 6) is 1.67. The fraction of sp³-hybridized carbons (Fsp3) is 0.538. The van der Waals surface area contributed by atoms with Crippen LogP contribution in [-0.4, -0.2) is 54.0 Å². The first-order valence-electron chi connectivity index (χ1n) is 12.3. The number of alkyl carbamates (subject to hydrolysis) is 1. The first-order chi connectivity index (χ1) is 16.8. The summed E-state index contributed by atoms with van der Waals surface area (Å²) in [6, 6.07) is 9.40. The van der Waals surface area contributed by atoms with Crippen molar-refractivity contribution in [1.29, 1.82) is 5.26 Å². The fourth-order valence-corrected chi connectivity index (χ4v) is 4.59. The number of morpholine rings is 1. The molecule has 1 aromatic carbocycles. The van der Waals surface area contributed by atoms with Gasteiger partial charge >= 0.3 is 6.09 Å². The minimum Gasteiger partial charge on any atom is -0.444 e. The summed E-state index contributed by atoms with van der Waals surface area (Å²) in [6.45, 7) is 8.48. The third-order valence-corrected chi connectivity index (χ3v) is 6.21. The molecule has 35 heavy (non-hydrogen) atoms. The van der Waals surface area contributed by atoms with Crippen LogP contribution in [0.15, 0.2) is 30.5 Å².